The van der Waals surface area contributed by atoms with Crippen molar-refractivity contribution in [2.75, 3.05) is 44.3 Å². The summed E-state index contributed by atoms with van der Waals surface area (Å²) >= 11 is 0. The van der Waals surface area contributed by atoms with Crippen molar-refractivity contribution in [1.29, 1.82) is 0 Å². The van der Waals surface area contributed by atoms with Gasteiger partial charge in [0.15, 0.2) is 0 Å². The highest BCUT2D eigenvalue weighted by Crippen LogP contribution is 2.76. The van der Waals surface area contributed by atoms with E-state index >= 15 is 0 Å². The molecule has 312 valence electrons. The van der Waals surface area contributed by atoms with Gasteiger partial charge in [-0.05, 0) is 167 Å². The van der Waals surface area contributed by atoms with Crippen molar-refractivity contribution in [1.82, 2.24) is 10.2 Å². The lowest BCUT2D eigenvalue weighted by atomic mass is 9.33. The molecule has 7 aliphatic rings. The number of carbonyl (C=O) groups excluding carboxylic acids is 1. The first-order valence-corrected chi connectivity index (χ1v) is 24.2. The minimum absolute atomic E-state index is 0.00904. The van der Waals surface area contributed by atoms with Crippen LogP contribution >= 0.6 is 10.6 Å². The van der Waals surface area contributed by atoms with Crippen LogP contribution in [0.2, 0.25) is 0 Å². The monoisotopic (exact) mass is 783 g/mol. The maximum Gasteiger partial charge on any atom is 0.312 e. The first kappa shape index (κ1) is 42.0. The first-order chi connectivity index (χ1) is 25.8. The third kappa shape index (κ3) is 6.89. The van der Waals surface area contributed by atoms with Gasteiger partial charge in [0, 0.05) is 38.3 Å². The molecule has 1 aliphatic heterocycles. The van der Waals surface area contributed by atoms with Gasteiger partial charge in [-0.1, -0.05) is 58.9 Å². The molecular formula is C47H78N2O5S. The summed E-state index contributed by atoms with van der Waals surface area (Å²) in [5.74, 6) is 4.11. The Morgan fingerprint density at radius 1 is 0.945 bits per heavy atom. The zero-order chi connectivity index (χ0) is 39.8. The van der Waals surface area contributed by atoms with Gasteiger partial charge in [-0.2, -0.15) is 10.6 Å². The second-order valence-corrected chi connectivity index (χ2v) is 23.9. The van der Waals surface area contributed by atoms with Crippen molar-refractivity contribution in [3.63, 3.8) is 0 Å². The fraction of sp³-hybridized carbons (Fsp3) is 0.851. The van der Waals surface area contributed by atoms with E-state index < -0.39 is 16.0 Å². The van der Waals surface area contributed by atoms with Crippen LogP contribution in [0, 0.1) is 56.7 Å². The average molecular weight is 783 g/mol. The fourth-order valence-electron chi connectivity index (χ4n) is 15.3. The molecule has 4 N–H and O–H groups in total. The highest BCUT2D eigenvalue weighted by atomic mass is 32.3. The molecular weight excluding hydrogens is 705 g/mol. The predicted molar refractivity (Wildman–Crippen MR) is 227 cm³/mol. The maximum absolute atomic E-state index is 13.3. The zero-order valence-electron chi connectivity index (χ0n) is 36.0. The molecule has 8 heteroatoms. The largest absolute Gasteiger partial charge is 0.463 e. The predicted octanol–water partition coefficient (Wildman–Crippen LogP) is 10.0. The second-order valence-electron chi connectivity index (χ2n) is 21.5. The van der Waals surface area contributed by atoms with Crippen molar-refractivity contribution in [2.24, 2.45) is 56.7 Å². The van der Waals surface area contributed by atoms with E-state index in [4.69, 9.17) is 4.74 Å². The fourth-order valence-corrected chi connectivity index (χ4v) is 16.6. The first-order valence-electron chi connectivity index (χ1n) is 22.4. The van der Waals surface area contributed by atoms with Crippen molar-refractivity contribution < 1.29 is 23.7 Å². The van der Waals surface area contributed by atoms with Crippen LogP contribution in [0.1, 0.15) is 139 Å². The van der Waals surface area contributed by atoms with E-state index in [9.17, 15) is 19.0 Å². The summed E-state index contributed by atoms with van der Waals surface area (Å²) in [6.45, 7) is 27.5. The lowest BCUT2D eigenvalue weighted by Crippen LogP contribution is -2.68. The van der Waals surface area contributed by atoms with Gasteiger partial charge in [-0.15, -0.1) is 0 Å². The number of nitrogens with one attached hydrogen (secondary N) is 1. The minimum atomic E-state index is -2.37. The quantitative estimate of drug-likeness (QED) is 0.129. The van der Waals surface area contributed by atoms with Gasteiger partial charge in [0.05, 0.1) is 23.0 Å². The van der Waals surface area contributed by atoms with Crippen LogP contribution in [0.3, 0.4) is 0 Å². The van der Waals surface area contributed by atoms with E-state index in [2.05, 4.69) is 70.5 Å². The van der Waals surface area contributed by atoms with Crippen molar-refractivity contribution in [3.8, 4) is 0 Å². The van der Waals surface area contributed by atoms with Crippen molar-refractivity contribution in [3.05, 3.63) is 35.5 Å². The average Bonchev–Trinajstić information content (AvgIpc) is 3.49. The van der Waals surface area contributed by atoms with Crippen LogP contribution in [0.4, 0.5) is 0 Å². The Morgan fingerprint density at radius 2 is 1.67 bits per heavy atom. The van der Waals surface area contributed by atoms with Crippen LogP contribution in [0.15, 0.2) is 35.5 Å². The van der Waals surface area contributed by atoms with Crippen LogP contribution in [0.5, 0.6) is 0 Å². The van der Waals surface area contributed by atoms with Crippen LogP contribution in [-0.4, -0.2) is 81.0 Å². The molecule has 55 heavy (non-hydrogen) atoms. The lowest BCUT2D eigenvalue weighted by molar-refractivity contribution is -0.221. The Morgan fingerprint density at radius 3 is 2.31 bits per heavy atom. The van der Waals surface area contributed by atoms with Gasteiger partial charge in [0.25, 0.3) is 0 Å². The van der Waals surface area contributed by atoms with Gasteiger partial charge in [-0.3, -0.25) is 18.8 Å². The number of fused-ring (bicyclic) bond motifs is 7. The molecule has 0 aromatic heterocycles. The van der Waals surface area contributed by atoms with E-state index in [0.717, 1.165) is 45.4 Å². The number of ether oxygens (including phenoxy) is 1. The molecule has 10 atom stereocenters. The summed E-state index contributed by atoms with van der Waals surface area (Å²) < 4.78 is 26.1. The van der Waals surface area contributed by atoms with Gasteiger partial charge in [0.1, 0.15) is 0 Å². The molecule has 5 fully saturated rings. The molecule has 7 rings (SSSR count). The SMILES string of the molecule is C=C(C)[C@@H]1CC[C@]2(NCCN3CCS(O)(O)CC3)CC[C@]3(C)[C@H](CC[C@@H]4[C@@]5(C)CC=C(C6=CCC(CCO)(C(=O)OC(C)C)CC6)C(C)(C)[C@@H]5CC[C@]43C)[C@@H]12. The molecule has 0 bridgehead atoms. The third-order valence-electron chi connectivity index (χ3n) is 18.3. The number of carbonyl (C=O) groups is 1. The van der Waals surface area contributed by atoms with Gasteiger partial charge in [-0.25, -0.2) is 0 Å². The smallest absolute Gasteiger partial charge is 0.312 e. The third-order valence-corrected chi connectivity index (χ3v) is 20.0. The van der Waals surface area contributed by atoms with Gasteiger partial charge < -0.3 is 15.2 Å². The van der Waals surface area contributed by atoms with E-state index in [1.54, 1.807) is 0 Å². The number of allylic oxidation sites excluding steroid dienone is 5. The molecule has 0 aromatic carbocycles. The molecule has 6 aliphatic carbocycles. The highest BCUT2D eigenvalue weighted by Gasteiger charge is 2.70. The molecule has 0 amide bonds. The summed E-state index contributed by atoms with van der Waals surface area (Å²) in [4.78, 5) is 15.7. The Bertz CT molecular complexity index is 1540. The summed E-state index contributed by atoms with van der Waals surface area (Å²) in [6, 6.07) is 0. The molecule has 4 saturated carbocycles. The van der Waals surface area contributed by atoms with Crippen LogP contribution < -0.4 is 5.32 Å². The van der Waals surface area contributed by atoms with E-state index in [1.807, 2.05) is 13.8 Å². The number of esters is 1. The van der Waals surface area contributed by atoms with Crippen molar-refractivity contribution in [2.45, 2.75) is 151 Å². The number of nitrogens with zero attached hydrogens (tertiary/aromatic N) is 1. The van der Waals surface area contributed by atoms with Crippen LogP contribution in [-0.2, 0) is 9.53 Å². The standard InChI is InChI=1S/C47H78N2O5S/c1-32(2)35-14-21-47(48-25-26-49-27-30-55(52,53)31-28-49)23-22-44(8)37(40(35)47)10-11-39-43(7)17-15-36(42(5,6)38(43)16-18-45(39,44)9)34-12-19-46(20-13-34,24-29-50)41(51)54-33(3)4/h12,15,33,35,37-40,48,50,52-53H,1,10-11,13-14,16-31H2,2-9H3/t35-,37+,38-,39+,40+,43-,44+,45+,46?,47-/m0/s1. The second kappa shape index (κ2) is 14.8. The Kier molecular flexibility index (Phi) is 11.3. The molecule has 1 saturated heterocycles. The molecule has 0 radical (unpaired) electrons. The topological polar surface area (TPSA) is 102 Å². The Balaban J connectivity index is 1.11. The number of hydrogen-bond acceptors (Lipinski definition) is 7. The highest BCUT2D eigenvalue weighted by molar-refractivity contribution is 8.24. The van der Waals surface area contributed by atoms with Crippen molar-refractivity contribution >= 4 is 16.6 Å². The van der Waals surface area contributed by atoms with Gasteiger partial charge >= 0.3 is 5.97 Å². The molecule has 1 heterocycles. The number of aliphatic hydroxyl groups excluding tert-OH is 1. The van der Waals surface area contributed by atoms with Gasteiger partial charge in [0.2, 0.25) is 0 Å². The number of hydrogen-bond donors (Lipinski definition) is 4. The normalized spacial score (nSPS) is 44.3. The van der Waals surface area contributed by atoms with Crippen LogP contribution in [0.25, 0.3) is 0 Å². The molecule has 0 aromatic rings. The summed E-state index contributed by atoms with van der Waals surface area (Å²) in [5, 5.41) is 14.2. The molecule has 7 nitrogen and oxygen atoms in total. The summed E-state index contributed by atoms with van der Waals surface area (Å²) in [6.07, 6.45) is 19.0. The number of rotatable bonds is 10. The Labute approximate surface area is 336 Å². The molecule has 0 spiro atoms. The lowest BCUT2D eigenvalue weighted by Gasteiger charge is -2.72. The number of aliphatic hydroxyl groups is 1. The summed E-state index contributed by atoms with van der Waals surface area (Å²) in [5.41, 5.74) is 4.79. The van der Waals surface area contributed by atoms with E-state index in [1.165, 1.54) is 68.1 Å². The van der Waals surface area contributed by atoms with E-state index in [-0.39, 0.29) is 35.0 Å². The zero-order valence-corrected chi connectivity index (χ0v) is 36.8. The molecule has 1 unspecified atom stereocenters. The van der Waals surface area contributed by atoms with E-state index in [0.29, 0.717) is 64.8 Å². The summed E-state index contributed by atoms with van der Waals surface area (Å²) in [7, 11) is -2.37. The Hall–Kier alpha value is -1.16. The maximum atomic E-state index is 13.3. The minimum Gasteiger partial charge on any atom is -0.463 e.